The lowest BCUT2D eigenvalue weighted by Gasteiger charge is -2.11. The smallest absolute Gasteiger partial charge is 0.288 e. The molecule has 3 rings (SSSR count). The Morgan fingerprint density at radius 3 is 2.20 bits per heavy atom. The molecule has 0 aliphatic heterocycles. The summed E-state index contributed by atoms with van der Waals surface area (Å²) >= 11 is 5.78. The average Bonchev–Trinajstić information content (AvgIpc) is 2.75. The highest BCUT2D eigenvalue weighted by Gasteiger charge is 2.12. The summed E-state index contributed by atoms with van der Waals surface area (Å²) < 4.78 is 0. The van der Waals surface area contributed by atoms with Gasteiger partial charge in [-0.3, -0.25) is 19.7 Å². The van der Waals surface area contributed by atoms with E-state index in [2.05, 4.69) is 10.6 Å². The van der Waals surface area contributed by atoms with Gasteiger partial charge in [-0.1, -0.05) is 48.0 Å². The second kappa shape index (κ2) is 9.49. The van der Waals surface area contributed by atoms with E-state index in [1.165, 1.54) is 24.3 Å². The molecule has 0 unspecified atom stereocenters. The average molecular weight is 422 g/mol. The molecule has 150 valence electrons. The number of nitrogens with zero attached hydrogens (tertiary/aromatic N) is 1. The first-order valence-corrected chi connectivity index (χ1v) is 9.20. The quantitative estimate of drug-likeness (QED) is 0.326. The molecule has 0 aliphatic rings. The van der Waals surface area contributed by atoms with Gasteiger partial charge >= 0.3 is 0 Å². The van der Waals surface area contributed by atoms with Crippen LogP contribution >= 0.6 is 11.6 Å². The van der Waals surface area contributed by atoms with Crippen LogP contribution in [0.5, 0.6) is 0 Å². The van der Waals surface area contributed by atoms with Gasteiger partial charge in [0.05, 0.1) is 16.3 Å². The minimum atomic E-state index is -0.592. The third-order valence-electron chi connectivity index (χ3n) is 4.06. The summed E-state index contributed by atoms with van der Waals surface area (Å²) in [6.45, 7) is 0. The van der Waals surface area contributed by atoms with Crippen LogP contribution in [0.25, 0.3) is 6.08 Å². The normalized spacial score (nSPS) is 10.6. The van der Waals surface area contributed by atoms with E-state index in [0.29, 0.717) is 22.5 Å². The lowest BCUT2D eigenvalue weighted by Crippen LogP contribution is -2.15. The Bertz CT molecular complexity index is 1130. The summed E-state index contributed by atoms with van der Waals surface area (Å²) in [5.74, 6) is -0.768. The Morgan fingerprint density at radius 1 is 0.900 bits per heavy atom. The van der Waals surface area contributed by atoms with Crippen LogP contribution in [0, 0.1) is 10.1 Å². The Morgan fingerprint density at radius 2 is 1.53 bits per heavy atom. The topological polar surface area (TPSA) is 101 Å². The fourth-order valence-corrected chi connectivity index (χ4v) is 2.79. The van der Waals surface area contributed by atoms with Crippen molar-refractivity contribution in [2.24, 2.45) is 0 Å². The van der Waals surface area contributed by atoms with Gasteiger partial charge in [-0.2, -0.15) is 0 Å². The van der Waals surface area contributed by atoms with E-state index in [0.717, 1.165) is 0 Å². The molecule has 0 saturated carbocycles. The van der Waals surface area contributed by atoms with Crippen molar-refractivity contribution >= 4 is 46.6 Å². The van der Waals surface area contributed by atoms with Crippen molar-refractivity contribution in [2.45, 2.75) is 0 Å². The molecule has 0 radical (unpaired) electrons. The zero-order valence-electron chi connectivity index (χ0n) is 15.5. The van der Waals surface area contributed by atoms with Crippen molar-refractivity contribution < 1.29 is 14.5 Å². The number of nitro groups is 1. The third-order valence-corrected chi connectivity index (χ3v) is 4.38. The van der Waals surface area contributed by atoms with Crippen LogP contribution in [-0.2, 0) is 4.79 Å². The van der Waals surface area contributed by atoms with Gasteiger partial charge in [-0.25, -0.2) is 0 Å². The van der Waals surface area contributed by atoms with Crippen molar-refractivity contribution in [3.8, 4) is 0 Å². The second-order valence-corrected chi connectivity index (χ2v) is 6.56. The second-order valence-electron chi connectivity index (χ2n) is 6.16. The maximum atomic E-state index is 12.4. The molecule has 0 aromatic heterocycles. The lowest BCUT2D eigenvalue weighted by atomic mass is 10.2. The van der Waals surface area contributed by atoms with Crippen LogP contribution in [0.15, 0.2) is 78.9 Å². The van der Waals surface area contributed by atoms with Gasteiger partial charge in [-0.15, -0.1) is 0 Å². The van der Waals surface area contributed by atoms with E-state index in [1.54, 1.807) is 54.6 Å². The molecule has 2 amide bonds. The summed E-state index contributed by atoms with van der Waals surface area (Å²) in [5, 5.41) is 16.4. The van der Waals surface area contributed by atoms with Crippen molar-refractivity contribution in [1.82, 2.24) is 0 Å². The highest BCUT2D eigenvalue weighted by molar-refractivity contribution is 6.32. The maximum absolute atomic E-state index is 12.4. The number of carbonyl (C=O) groups is 2. The molecule has 3 aromatic carbocycles. The monoisotopic (exact) mass is 421 g/mol. The van der Waals surface area contributed by atoms with E-state index >= 15 is 0 Å². The van der Waals surface area contributed by atoms with E-state index in [1.807, 2.05) is 6.07 Å². The van der Waals surface area contributed by atoms with Crippen LogP contribution in [-0.4, -0.2) is 16.7 Å². The largest absolute Gasteiger partial charge is 0.321 e. The number of nitro benzene ring substituents is 1. The van der Waals surface area contributed by atoms with Gasteiger partial charge in [0.1, 0.15) is 5.02 Å². The number of benzene rings is 3. The van der Waals surface area contributed by atoms with Crippen LogP contribution in [0.4, 0.5) is 17.1 Å². The molecule has 8 heteroatoms. The predicted molar refractivity (Wildman–Crippen MR) is 117 cm³/mol. The number of amides is 2. The van der Waals surface area contributed by atoms with Gasteiger partial charge in [0.2, 0.25) is 5.91 Å². The molecular weight excluding hydrogens is 406 g/mol. The van der Waals surface area contributed by atoms with E-state index < -0.39 is 10.8 Å². The number of para-hydroxylation sites is 2. The highest BCUT2D eigenvalue weighted by Crippen LogP contribution is 2.26. The van der Waals surface area contributed by atoms with Crippen molar-refractivity contribution in [1.29, 1.82) is 0 Å². The third kappa shape index (κ3) is 5.30. The summed E-state index contributed by atoms with van der Waals surface area (Å²) in [4.78, 5) is 35.1. The number of nitrogens with one attached hydrogen (secondary N) is 2. The Balaban J connectivity index is 1.72. The molecule has 0 heterocycles. The van der Waals surface area contributed by atoms with Gasteiger partial charge in [0.25, 0.3) is 11.6 Å². The van der Waals surface area contributed by atoms with Crippen LogP contribution in [0.2, 0.25) is 5.02 Å². The predicted octanol–water partition coefficient (Wildman–Crippen LogP) is 5.15. The SMILES string of the molecule is O=C(/C=C/c1ccc(Cl)c([N+](=O)[O-])c1)Nc1ccccc1NC(=O)c1ccccc1. The van der Waals surface area contributed by atoms with Gasteiger partial charge in [0.15, 0.2) is 0 Å². The highest BCUT2D eigenvalue weighted by atomic mass is 35.5. The molecule has 0 saturated heterocycles. The Labute approximate surface area is 177 Å². The zero-order chi connectivity index (χ0) is 21.5. The van der Waals surface area contributed by atoms with Crippen LogP contribution in [0.3, 0.4) is 0 Å². The standard InChI is InChI=1S/C22H16ClN3O4/c23-17-12-10-15(14-20(17)26(29)30)11-13-21(27)24-18-8-4-5-9-19(18)25-22(28)16-6-2-1-3-7-16/h1-14H,(H,24,27)(H,25,28)/b13-11+. The maximum Gasteiger partial charge on any atom is 0.288 e. The van der Waals surface area contributed by atoms with E-state index in [9.17, 15) is 19.7 Å². The van der Waals surface area contributed by atoms with Gasteiger partial charge in [0, 0.05) is 17.7 Å². The summed E-state index contributed by atoms with van der Waals surface area (Å²) in [6, 6.07) is 19.7. The van der Waals surface area contributed by atoms with Crippen molar-refractivity contribution in [3.63, 3.8) is 0 Å². The minimum absolute atomic E-state index is 0.0182. The summed E-state index contributed by atoms with van der Waals surface area (Å²) in [7, 11) is 0. The van der Waals surface area contributed by atoms with Gasteiger partial charge in [-0.05, 0) is 42.0 Å². The first-order valence-electron chi connectivity index (χ1n) is 8.82. The minimum Gasteiger partial charge on any atom is -0.321 e. The molecule has 0 bridgehead atoms. The molecule has 7 nitrogen and oxygen atoms in total. The number of rotatable bonds is 6. The Hall–Kier alpha value is -3.97. The van der Waals surface area contributed by atoms with Gasteiger partial charge < -0.3 is 10.6 Å². The lowest BCUT2D eigenvalue weighted by molar-refractivity contribution is -0.384. The Kier molecular flexibility index (Phi) is 6.56. The first-order chi connectivity index (χ1) is 14.4. The molecule has 0 atom stereocenters. The number of halogens is 1. The number of hydrogen-bond donors (Lipinski definition) is 2. The fraction of sp³-hybridized carbons (Fsp3) is 0. The fourth-order valence-electron chi connectivity index (χ4n) is 2.60. The summed E-state index contributed by atoms with van der Waals surface area (Å²) in [5.41, 5.74) is 1.55. The van der Waals surface area contributed by atoms with Crippen LogP contribution in [0.1, 0.15) is 15.9 Å². The van der Waals surface area contributed by atoms with Crippen molar-refractivity contribution in [3.05, 3.63) is 105 Å². The summed E-state index contributed by atoms with van der Waals surface area (Å²) in [6.07, 6.45) is 2.67. The zero-order valence-corrected chi connectivity index (χ0v) is 16.3. The number of anilines is 2. The first kappa shape index (κ1) is 20.8. The molecule has 2 N–H and O–H groups in total. The number of carbonyl (C=O) groups excluding carboxylic acids is 2. The molecule has 30 heavy (non-hydrogen) atoms. The number of hydrogen-bond acceptors (Lipinski definition) is 4. The van der Waals surface area contributed by atoms with Crippen LogP contribution < -0.4 is 10.6 Å². The van der Waals surface area contributed by atoms with Crippen molar-refractivity contribution in [2.75, 3.05) is 10.6 Å². The molecule has 0 spiro atoms. The van der Waals surface area contributed by atoms with E-state index in [4.69, 9.17) is 11.6 Å². The molecular formula is C22H16ClN3O4. The molecule has 0 aliphatic carbocycles. The molecule has 0 fully saturated rings. The molecule has 3 aromatic rings. The van der Waals surface area contributed by atoms with E-state index in [-0.39, 0.29) is 16.6 Å².